The molecule has 46 valence electrons. The molecule has 1 heterocycles. The van der Waals surface area contributed by atoms with Crippen LogP contribution in [0.4, 0.5) is 0 Å². The van der Waals surface area contributed by atoms with Gasteiger partial charge in [-0.05, 0) is 24.8 Å². The molecule has 0 aromatic rings. The highest BCUT2D eigenvalue weighted by Crippen LogP contribution is 2.57. The average Bonchev–Trinajstić information content (AvgIpc) is 2.23. The molecule has 0 aromatic carbocycles. The van der Waals surface area contributed by atoms with E-state index in [1.165, 1.54) is 13.0 Å². The number of rotatable bonds is 0. The summed E-state index contributed by atoms with van der Waals surface area (Å²) < 4.78 is 0. The average molecular weight is 129 g/mol. The molecule has 1 N–H and O–H groups in total. The molecule has 1 aliphatic carbocycles. The fourth-order valence-corrected chi connectivity index (χ4v) is 2.39. The molecule has 0 spiro atoms. The van der Waals surface area contributed by atoms with Gasteiger partial charge < -0.3 is 5.32 Å². The standard InChI is InChI=1S/C6H11NS/c1-4-5-2-3-7-6(4,5)8/h4-5,7-8H,2-3H2,1H3. The van der Waals surface area contributed by atoms with Crippen molar-refractivity contribution in [3.63, 3.8) is 0 Å². The van der Waals surface area contributed by atoms with E-state index in [0.29, 0.717) is 0 Å². The third kappa shape index (κ3) is 0.392. The predicted octanol–water partition coefficient (Wildman–Crippen LogP) is 0.872. The Morgan fingerprint density at radius 1 is 1.75 bits per heavy atom. The topological polar surface area (TPSA) is 12.0 Å². The zero-order valence-electron chi connectivity index (χ0n) is 5.02. The van der Waals surface area contributed by atoms with Gasteiger partial charge >= 0.3 is 0 Å². The van der Waals surface area contributed by atoms with E-state index in [2.05, 4.69) is 24.9 Å². The molecule has 3 unspecified atom stereocenters. The lowest BCUT2D eigenvalue weighted by Crippen LogP contribution is -2.23. The van der Waals surface area contributed by atoms with Gasteiger partial charge in [0, 0.05) is 0 Å². The maximum atomic E-state index is 4.51. The molecule has 2 heteroatoms. The van der Waals surface area contributed by atoms with Gasteiger partial charge in [0.15, 0.2) is 0 Å². The molecule has 2 aliphatic rings. The van der Waals surface area contributed by atoms with Crippen molar-refractivity contribution in [2.24, 2.45) is 11.8 Å². The van der Waals surface area contributed by atoms with Crippen molar-refractivity contribution in [1.29, 1.82) is 0 Å². The molecule has 2 fully saturated rings. The van der Waals surface area contributed by atoms with Gasteiger partial charge in [0.2, 0.25) is 0 Å². The summed E-state index contributed by atoms with van der Waals surface area (Å²) in [6.07, 6.45) is 1.34. The summed E-state index contributed by atoms with van der Waals surface area (Å²) in [6.45, 7) is 3.45. The van der Waals surface area contributed by atoms with E-state index in [4.69, 9.17) is 0 Å². The molecule has 0 radical (unpaired) electrons. The first-order chi connectivity index (χ1) is 3.75. The van der Waals surface area contributed by atoms with Gasteiger partial charge in [-0.3, -0.25) is 0 Å². The van der Waals surface area contributed by atoms with Crippen LogP contribution in [0.3, 0.4) is 0 Å². The van der Waals surface area contributed by atoms with Gasteiger partial charge in [0.05, 0.1) is 4.87 Å². The highest BCUT2D eigenvalue weighted by atomic mass is 32.1. The maximum absolute atomic E-state index is 4.51. The van der Waals surface area contributed by atoms with Crippen LogP contribution < -0.4 is 5.32 Å². The lowest BCUT2D eigenvalue weighted by atomic mass is 10.3. The van der Waals surface area contributed by atoms with Gasteiger partial charge in [0.1, 0.15) is 0 Å². The monoisotopic (exact) mass is 129 g/mol. The second kappa shape index (κ2) is 1.24. The van der Waals surface area contributed by atoms with Gasteiger partial charge in [-0.15, -0.1) is 0 Å². The fraction of sp³-hybridized carbons (Fsp3) is 1.00. The SMILES string of the molecule is CC1C2CCNC12S. The van der Waals surface area contributed by atoms with Crippen LogP contribution in [0.1, 0.15) is 13.3 Å². The molecule has 1 nitrogen and oxygen atoms in total. The summed E-state index contributed by atoms with van der Waals surface area (Å²) in [5.41, 5.74) is 0. The molecule has 2 rings (SSSR count). The van der Waals surface area contributed by atoms with Crippen LogP contribution in [0.5, 0.6) is 0 Å². The van der Waals surface area contributed by atoms with E-state index < -0.39 is 0 Å². The Hall–Kier alpha value is 0.310. The summed E-state index contributed by atoms with van der Waals surface area (Å²) in [6, 6.07) is 0. The third-order valence-electron chi connectivity index (χ3n) is 2.62. The summed E-state index contributed by atoms with van der Waals surface area (Å²) in [4.78, 5) is 0.264. The first kappa shape index (κ1) is 5.12. The predicted molar refractivity (Wildman–Crippen MR) is 37.0 cm³/mol. The fourth-order valence-electron chi connectivity index (χ4n) is 1.82. The maximum Gasteiger partial charge on any atom is 0.0677 e. The summed E-state index contributed by atoms with van der Waals surface area (Å²) in [7, 11) is 0. The Morgan fingerprint density at radius 2 is 2.50 bits per heavy atom. The summed E-state index contributed by atoms with van der Waals surface area (Å²) in [5.74, 6) is 1.70. The lowest BCUT2D eigenvalue weighted by molar-refractivity contribution is 0.624. The normalized spacial score (nSPS) is 60.8. The van der Waals surface area contributed by atoms with Crippen LogP contribution in [-0.4, -0.2) is 11.4 Å². The molecular weight excluding hydrogens is 118 g/mol. The van der Waals surface area contributed by atoms with Crippen LogP contribution in [-0.2, 0) is 0 Å². The molecule has 0 bridgehead atoms. The molecule has 0 aromatic heterocycles. The minimum Gasteiger partial charge on any atom is -0.303 e. The van der Waals surface area contributed by atoms with E-state index in [0.717, 1.165) is 11.8 Å². The quantitative estimate of drug-likeness (QED) is 0.462. The third-order valence-corrected chi connectivity index (χ3v) is 3.51. The van der Waals surface area contributed by atoms with E-state index in [1.807, 2.05) is 0 Å². The van der Waals surface area contributed by atoms with E-state index in [-0.39, 0.29) is 4.87 Å². The van der Waals surface area contributed by atoms with Gasteiger partial charge in [-0.25, -0.2) is 0 Å². The highest BCUT2D eigenvalue weighted by Gasteiger charge is 2.61. The Kier molecular flexibility index (Phi) is 0.795. The minimum absolute atomic E-state index is 0.264. The number of fused-ring (bicyclic) bond motifs is 1. The molecule has 1 aliphatic heterocycles. The number of piperidine rings is 1. The number of hydrogen-bond donors (Lipinski definition) is 2. The first-order valence-corrected chi connectivity index (χ1v) is 3.67. The number of nitrogens with one attached hydrogen (secondary N) is 1. The van der Waals surface area contributed by atoms with Crippen LogP contribution in [0.2, 0.25) is 0 Å². The van der Waals surface area contributed by atoms with Gasteiger partial charge in [-0.1, -0.05) is 6.92 Å². The zero-order valence-corrected chi connectivity index (χ0v) is 5.91. The van der Waals surface area contributed by atoms with E-state index in [1.54, 1.807) is 0 Å². The lowest BCUT2D eigenvalue weighted by Gasteiger charge is -2.04. The first-order valence-electron chi connectivity index (χ1n) is 3.22. The molecule has 8 heavy (non-hydrogen) atoms. The summed E-state index contributed by atoms with van der Waals surface area (Å²) >= 11 is 4.51. The van der Waals surface area contributed by atoms with Crippen LogP contribution in [0.15, 0.2) is 0 Å². The molecule has 1 saturated heterocycles. The van der Waals surface area contributed by atoms with Crippen molar-refractivity contribution >= 4 is 12.6 Å². The molecule has 0 amide bonds. The van der Waals surface area contributed by atoms with Gasteiger partial charge in [0.25, 0.3) is 0 Å². The van der Waals surface area contributed by atoms with Crippen LogP contribution in [0, 0.1) is 11.8 Å². The Bertz CT molecular complexity index is 126. The second-order valence-corrected chi connectivity index (χ2v) is 3.68. The molecule has 3 atom stereocenters. The largest absolute Gasteiger partial charge is 0.303 e. The second-order valence-electron chi connectivity index (χ2n) is 2.94. The van der Waals surface area contributed by atoms with Crippen LogP contribution >= 0.6 is 12.6 Å². The number of hydrogen-bond acceptors (Lipinski definition) is 2. The minimum atomic E-state index is 0.264. The number of thiol groups is 1. The van der Waals surface area contributed by atoms with Crippen molar-refractivity contribution in [3.05, 3.63) is 0 Å². The molecule has 1 saturated carbocycles. The van der Waals surface area contributed by atoms with Crippen molar-refractivity contribution < 1.29 is 0 Å². The van der Waals surface area contributed by atoms with E-state index >= 15 is 0 Å². The Balaban J connectivity index is 2.18. The van der Waals surface area contributed by atoms with Gasteiger partial charge in [-0.2, -0.15) is 12.6 Å². The Labute approximate surface area is 55.3 Å². The van der Waals surface area contributed by atoms with Crippen LogP contribution in [0.25, 0.3) is 0 Å². The highest BCUT2D eigenvalue weighted by molar-refractivity contribution is 7.82. The van der Waals surface area contributed by atoms with Crippen molar-refractivity contribution in [1.82, 2.24) is 5.32 Å². The smallest absolute Gasteiger partial charge is 0.0677 e. The van der Waals surface area contributed by atoms with Crippen molar-refractivity contribution in [2.45, 2.75) is 18.2 Å². The van der Waals surface area contributed by atoms with Crippen molar-refractivity contribution in [3.8, 4) is 0 Å². The summed E-state index contributed by atoms with van der Waals surface area (Å²) in [5, 5.41) is 3.38. The van der Waals surface area contributed by atoms with Crippen molar-refractivity contribution in [2.75, 3.05) is 6.54 Å². The zero-order chi connectivity index (χ0) is 5.78. The molecular formula is C6H11NS. The van der Waals surface area contributed by atoms with E-state index in [9.17, 15) is 0 Å². The Morgan fingerprint density at radius 3 is 2.75 bits per heavy atom.